The van der Waals surface area contributed by atoms with Crippen LogP contribution >= 0.6 is 0 Å². The first-order chi connectivity index (χ1) is 18.1. The quantitative estimate of drug-likeness (QED) is 0.135. The van der Waals surface area contributed by atoms with Crippen LogP contribution in [-0.4, -0.2) is 82.5 Å². The van der Waals surface area contributed by atoms with Crippen LogP contribution in [0.2, 0.25) is 0 Å². The molecule has 2 unspecified atom stereocenters. The first-order valence-electron chi connectivity index (χ1n) is 13.1. The van der Waals surface area contributed by atoms with Gasteiger partial charge in [0.1, 0.15) is 11.6 Å². The predicted octanol–water partition coefficient (Wildman–Crippen LogP) is 4.36. The smallest absolute Gasteiger partial charge is 0.275 e. The molecule has 1 heterocycles. The van der Waals surface area contributed by atoms with Gasteiger partial charge in [0.15, 0.2) is 0 Å². The molecule has 7 nitrogen and oxygen atoms in total. The van der Waals surface area contributed by atoms with Gasteiger partial charge in [-0.3, -0.25) is 9.79 Å². The standard InChI is InChI=1S/C27H36F2N4O3.C2H6/c1-5-7-9-13-22(20(3)30-6-2)24(31-19-21-12-10-8-11-14-23(21)34)32-15-17-33(18-16-32)26(35)27(4,36)25(28)29;1-2/h2,7-10,12-14,20,25,30,34,36H,5,11,15-19H2,1,3-4H3;1-2H3/b9-7-,22-13+,31-24?;. The summed E-state index contributed by atoms with van der Waals surface area (Å²) < 4.78 is 26.4. The Kier molecular flexibility index (Phi) is 14.1. The molecule has 3 N–H and O–H groups in total. The lowest BCUT2D eigenvalue weighted by Gasteiger charge is -2.40. The third-order valence-corrected chi connectivity index (χ3v) is 6.01. The van der Waals surface area contributed by atoms with Crippen LogP contribution in [0.5, 0.6) is 0 Å². The fourth-order valence-electron chi connectivity index (χ4n) is 3.78. The van der Waals surface area contributed by atoms with E-state index in [-0.39, 0.29) is 31.4 Å². The number of amidine groups is 1. The van der Waals surface area contributed by atoms with Crippen LogP contribution in [0.15, 0.2) is 64.4 Å². The Morgan fingerprint density at radius 2 is 1.92 bits per heavy atom. The predicted molar refractivity (Wildman–Crippen MR) is 150 cm³/mol. The van der Waals surface area contributed by atoms with Crippen LogP contribution in [0.1, 0.15) is 47.5 Å². The number of nitrogens with one attached hydrogen (secondary N) is 1. The van der Waals surface area contributed by atoms with E-state index in [0.29, 0.717) is 30.9 Å². The maximum atomic E-state index is 13.2. The summed E-state index contributed by atoms with van der Waals surface area (Å²) in [5.41, 5.74) is -1.27. The molecule has 0 aromatic heterocycles. The van der Waals surface area contributed by atoms with Gasteiger partial charge in [-0.1, -0.05) is 63.7 Å². The number of carbonyl (C=O) groups is 1. The number of piperazine rings is 1. The average Bonchev–Trinajstić information content (AvgIpc) is 3.12. The van der Waals surface area contributed by atoms with Gasteiger partial charge < -0.3 is 25.3 Å². The highest BCUT2D eigenvalue weighted by Gasteiger charge is 2.44. The summed E-state index contributed by atoms with van der Waals surface area (Å²) in [6.45, 7) is 9.91. The number of hydrogen-bond acceptors (Lipinski definition) is 5. The van der Waals surface area contributed by atoms with Crippen LogP contribution < -0.4 is 5.32 Å². The highest BCUT2D eigenvalue weighted by atomic mass is 19.3. The second-order valence-electron chi connectivity index (χ2n) is 8.78. The minimum atomic E-state index is -3.18. The third-order valence-electron chi connectivity index (χ3n) is 6.01. The van der Waals surface area contributed by atoms with E-state index in [0.717, 1.165) is 18.9 Å². The average molecular weight is 533 g/mol. The topological polar surface area (TPSA) is 88.4 Å². The van der Waals surface area contributed by atoms with Gasteiger partial charge in [0.2, 0.25) is 5.60 Å². The second kappa shape index (κ2) is 16.5. The normalized spacial score (nSPS) is 19.1. The molecule has 2 rings (SSSR count). The maximum absolute atomic E-state index is 13.2. The molecule has 1 aliphatic carbocycles. The molecule has 1 aliphatic heterocycles. The molecule has 1 fully saturated rings. The van der Waals surface area contributed by atoms with Gasteiger partial charge >= 0.3 is 0 Å². The van der Waals surface area contributed by atoms with Crippen molar-refractivity contribution in [2.24, 2.45) is 4.99 Å². The zero-order chi connectivity index (χ0) is 28.7. The van der Waals surface area contributed by atoms with E-state index < -0.39 is 17.9 Å². The van der Waals surface area contributed by atoms with Crippen molar-refractivity contribution < 1.29 is 23.8 Å². The summed E-state index contributed by atoms with van der Waals surface area (Å²) in [7, 11) is 0. The first kappa shape index (κ1) is 32.6. The molecule has 0 bridgehead atoms. The molecular formula is C29H42F2N4O3. The molecule has 210 valence electrons. The number of halogens is 2. The van der Waals surface area contributed by atoms with Gasteiger partial charge in [-0.05, 0) is 32.8 Å². The Bertz CT molecular complexity index is 996. The van der Waals surface area contributed by atoms with Crippen molar-refractivity contribution in [2.75, 3.05) is 32.7 Å². The number of nitrogens with zero attached hydrogens (tertiary/aromatic N) is 3. The number of aliphatic imine (C=N–C) groups is 1. The number of amides is 1. The largest absolute Gasteiger partial charge is 0.508 e. The number of hydrogen-bond donors (Lipinski definition) is 3. The number of allylic oxidation sites excluding steroid dienone is 7. The fraction of sp³-hybridized carbons (Fsp3) is 0.517. The minimum absolute atomic E-state index is 0.145. The molecule has 0 radical (unpaired) electrons. The Balaban J connectivity index is 0.00000352. The summed E-state index contributed by atoms with van der Waals surface area (Å²) in [4.78, 5) is 20.5. The van der Waals surface area contributed by atoms with Gasteiger partial charge in [-0.2, -0.15) is 0 Å². The lowest BCUT2D eigenvalue weighted by molar-refractivity contribution is -0.166. The van der Waals surface area contributed by atoms with Gasteiger partial charge in [0, 0.05) is 43.4 Å². The summed E-state index contributed by atoms with van der Waals surface area (Å²) in [6, 6.07) is 2.19. The van der Waals surface area contributed by atoms with E-state index in [9.17, 15) is 23.8 Å². The minimum Gasteiger partial charge on any atom is -0.508 e. The molecule has 0 aromatic rings. The third kappa shape index (κ3) is 9.18. The van der Waals surface area contributed by atoms with Crippen molar-refractivity contribution >= 4 is 11.7 Å². The number of aliphatic hydroxyl groups excluding tert-OH is 1. The molecule has 38 heavy (non-hydrogen) atoms. The van der Waals surface area contributed by atoms with Gasteiger partial charge in [0.25, 0.3) is 12.3 Å². The SMILES string of the molecule is C#CNC(C)/C(=C\C=C/CC)C(=NCC1=CC=CCC=C1O)N1CCN(C(=O)C(C)(O)C(F)F)CC1.CC. The van der Waals surface area contributed by atoms with E-state index >= 15 is 0 Å². The molecule has 9 heteroatoms. The number of carbonyl (C=O) groups excluding carboxylic acids is 1. The van der Waals surface area contributed by atoms with Crippen molar-refractivity contribution in [1.29, 1.82) is 0 Å². The number of rotatable bonds is 9. The monoisotopic (exact) mass is 532 g/mol. The van der Waals surface area contributed by atoms with E-state index in [1.54, 1.807) is 6.08 Å². The molecule has 1 amide bonds. The summed E-state index contributed by atoms with van der Waals surface area (Å²) in [5.74, 6) is -0.204. The summed E-state index contributed by atoms with van der Waals surface area (Å²) in [5, 5.41) is 23.3. The van der Waals surface area contributed by atoms with E-state index in [4.69, 9.17) is 11.4 Å². The van der Waals surface area contributed by atoms with E-state index in [1.807, 2.05) is 69.1 Å². The van der Waals surface area contributed by atoms with E-state index in [2.05, 4.69) is 11.4 Å². The van der Waals surface area contributed by atoms with Crippen LogP contribution in [0, 0.1) is 12.5 Å². The molecule has 2 atom stereocenters. The number of terminal acetylenes is 1. The molecule has 0 aromatic carbocycles. The van der Waals surface area contributed by atoms with Crippen molar-refractivity contribution in [1.82, 2.24) is 15.1 Å². The molecule has 2 aliphatic rings. The Hall–Kier alpha value is -3.38. The van der Waals surface area contributed by atoms with Gasteiger partial charge in [0.05, 0.1) is 12.6 Å². The number of aliphatic hydroxyl groups is 2. The lowest BCUT2D eigenvalue weighted by atomic mass is 10.0. The van der Waals surface area contributed by atoms with E-state index in [1.165, 1.54) is 4.90 Å². The zero-order valence-corrected chi connectivity index (χ0v) is 23.1. The van der Waals surface area contributed by atoms with Crippen molar-refractivity contribution in [3.63, 3.8) is 0 Å². The highest BCUT2D eigenvalue weighted by molar-refractivity contribution is 6.00. The van der Waals surface area contributed by atoms with Crippen molar-refractivity contribution in [3.8, 4) is 12.5 Å². The van der Waals surface area contributed by atoms with Crippen LogP contribution in [0.25, 0.3) is 0 Å². The van der Waals surface area contributed by atoms with Crippen LogP contribution in [0.4, 0.5) is 8.78 Å². The highest BCUT2D eigenvalue weighted by Crippen LogP contribution is 2.21. The van der Waals surface area contributed by atoms with Crippen molar-refractivity contribution in [3.05, 3.63) is 59.4 Å². The molecule has 0 spiro atoms. The van der Waals surface area contributed by atoms with Crippen LogP contribution in [0.3, 0.4) is 0 Å². The fourth-order valence-corrected chi connectivity index (χ4v) is 3.78. The van der Waals surface area contributed by atoms with Gasteiger partial charge in [-0.15, -0.1) is 0 Å². The lowest BCUT2D eigenvalue weighted by Crippen LogP contribution is -2.58. The number of alkyl halides is 2. The summed E-state index contributed by atoms with van der Waals surface area (Å²) >= 11 is 0. The molecular weight excluding hydrogens is 490 g/mol. The second-order valence-corrected chi connectivity index (χ2v) is 8.78. The first-order valence-corrected chi connectivity index (χ1v) is 13.1. The molecule has 1 saturated heterocycles. The Morgan fingerprint density at radius 1 is 1.29 bits per heavy atom. The zero-order valence-electron chi connectivity index (χ0n) is 23.1. The van der Waals surface area contributed by atoms with Gasteiger partial charge in [-0.25, -0.2) is 8.78 Å². The Morgan fingerprint density at radius 3 is 2.50 bits per heavy atom. The molecule has 0 saturated carbocycles. The maximum Gasteiger partial charge on any atom is 0.275 e. The Labute approximate surface area is 226 Å². The summed E-state index contributed by atoms with van der Waals surface area (Å²) in [6.07, 6.45) is 16.9. The van der Waals surface area contributed by atoms with Crippen molar-refractivity contribution in [2.45, 2.75) is 65.5 Å². The van der Waals surface area contributed by atoms with Crippen LogP contribution in [-0.2, 0) is 4.79 Å².